The third-order valence-corrected chi connectivity index (χ3v) is 3.54. The second-order valence-electron chi connectivity index (χ2n) is 5.91. The van der Waals surface area contributed by atoms with Gasteiger partial charge in [-0.3, -0.25) is 5.32 Å². The van der Waals surface area contributed by atoms with Crippen molar-refractivity contribution in [3.8, 4) is 0 Å². The Morgan fingerprint density at radius 3 is 2.38 bits per heavy atom. The molecule has 0 aliphatic heterocycles. The van der Waals surface area contributed by atoms with Gasteiger partial charge < -0.3 is 14.9 Å². The van der Waals surface area contributed by atoms with Crippen LogP contribution in [0.5, 0.6) is 0 Å². The molecule has 0 fully saturated rings. The van der Waals surface area contributed by atoms with Crippen LogP contribution in [0.3, 0.4) is 0 Å². The lowest BCUT2D eigenvalue weighted by atomic mass is 10.0. The van der Waals surface area contributed by atoms with E-state index < -0.39 is 23.3 Å². The summed E-state index contributed by atoms with van der Waals surface area (Å²) in [5.41, 5.74) is -1.93. The summed E-state index contributed by atoms with van der Waals surface area (Å²) in [5.74, 6) is -1.31. The quantitative estimate of drug-likeness (QED) is 0.785. The van der Waals surface area contributed by atoms with E-state index in [0.717, 1.165) is 11.3 Å². The largest absolute Gasteiger partial charge is 0.479 e. The van der Waals surface area contributed by atoms with Crippen molar-refractivity contribution in [3.05, 3.63) is 10.6 Å². The van der Waals surface area contributed by atoms with E-state index in [2.05, 4.69) is 10.3 Å². The fraction of sp³-hybridized carbons (Fsp3) is 0.615. The molecule has 0 aromatic carbocycles. The Morgan fingerprint density at radius 2 is 1.90 bits per heavy atom. The number of aryl methyl sites for hydroxylation is 1. The lowest BCUT2D eigenvalue weighted by Gasteiger charge is -2.18. The van der Waals surface area contributed by atoms with Crippen molar-refractivity contribution < 1.29 is 24.5 Å². The van der Waals surface area contributed by atoms with Gasteiger partial charge in [-0.05, 0) is 34.6 Å². The van der Waals surface area contributed by atoms with E-state index in [0.29, 0.717) is 15.7 Å². The minimum absolute atomic E-state index is 0.0815. The number of carbonyl (C=O) groups excluding carboxylic acids is 1. The number of thiazole rings is 1. The number of hydrogen-bond acceptors (Lipinski definition) is 6. The number of rotatable bonds is 4. The number of carboxylic acid groups (broad SMARTS) is 1. The van der Waals surface area contributed by atoms with Crippen molar-refractivity contribution in [1.82, 2.24) is 4.98 Å². The predicted molar refractivity (Wildman–Crippen MR) is 78.7 cm³/mol. The van der Waals surface area contributed by atoms with E-state index in [1.807, 2.05) is 0 Å². The van der Waals surface area contributed by atoms with Crippen LogP contribution in [0.1, 0.15) is 38.3 Å². The third kappa shape index (κ3) is 5.31. The molecule has 1 atom stereocenters. The lowest BCUT2D eigenvalue weighted by Crippen LogP contribution is -2.37. The Balaban J connectivity index is 2.79. The molecule has 1 aromatic rings. The van der Waals surface area contributed by atoms with E-state index in [4.69, 9.17) is 9.84 Å². The highest BCUT2D eigenvalue weighted by Crippen LogP contribution is 2.27. The molecule has 1 rings (SSSR count). The molecule has 7 nitrogen and oxygen atoms in total. The second kappa shape index (κ2) is 5.98. The first-order chi connectivity index (χ1) is 9.40. The molecular weight excluding hydrogens is 296 g/mol. The molecule has 0 aliphatic rings. The maximum atomic E-state index is 11.6. The monoisotopic (exact) mass is 316 g/mol. The topological polar surface area (TPSA) is 109 Å². The van der Waals surface area contributed by atoms with Gasteiger partial charge in [-0.2, -0.15) is 0 Å². The first kappa shape index (κ1) is 17.4. The van der Waals surface area contributed by atoms with Gasteiger partial charge in [0, 0.05) is 11.3 Å². The number of carbonyl (C=O) groups is 2. The predicted octanol–water partition coefficient (Wildman–Crippen LogP) is 2.18. The van der Waals surface area contributed by atoms with Crippen molar-refractivity contribution in [3.63, 3.8) is 0 Å². The zero-order chi connectivity index (χ0) is 16.4. The smallest absolute Gasteiger partial charge is 0.413 e. The Kier molecular flexibility index (Phi) is 4.95. The maximum absolute atomic E-state index is 11.6. The standard InChI is InChI=1S/C13H20N2O5S/c1-7-8(6-13(5,19)9(16)17)21-10(14-7)15-11(18)20-12(2,3)4/h19H,6H2,1-5H3,(H,16,17)(H,14,15,18). The zero-order valence-electron chi connectivity index (χ0n) is 12.7. The van der Waals surface area contributed by atoms with Crippen molar-refractivity contribution in [2.24, 2.45) is 0 Å². The molecule has 0 spiro atoms. The number of aliphatic carboxylic acids is 1. The minimum atomic E-state index is -1.87. The first-order valence-electron chi connectivity index (χ1n) is 6.33. The molecule has 0 bridgehead atoms. The molecule has 0 aliphatic carbocycles. The molecule has 8 heteroatoms. The van der Waals surface area contributed by atoms with Crippen molar-refractivity contribution >= 4 is 28.5 Å². The molecular formula is C13H20N2O5S. The van der Waals surface area contributed by atoms with Gasteiger partial charge in [-0.15, -0.1) is 11.3 Å². The Labute approximate surface area is 127 Å². The number of nitrogens with one attached hydrogen (secondary N) is 1. The van der Waals surface area contributed by atoms with Crippen molar-refractivity contribution in [2.75, 3.05) is 5.32 Å². The number of aliphatic hydroxyl groups is 1. The number of amides is 1. The fourth-order valence-corrected chi connectivity index (χ4v) is 2.52. The summed E-state index contributed by atoms with van der Waals surface area (Å²) in [6.45, 7) is 8.14. The normalized spacial score (nSPS) is 14.4. The van der Waals surface area contributed by atoms with Crippen LogP contribution in [0.15, 0.2) is 0 Å². The van der Waals surface area contributed by atoms with E-state index >= 15 is 0 Å². The van der Waals surface area contributed by atoms with Crippen LogP contribution in [-0.4, -0.2) is 38.5 Å². The summed E-state index contributed by atoms with van der Waals surface area (Å²) < 4.78 is 5.10. The van der Waals surface area contributed by atoms with E-state index in [-0.39, 0.29) is 6.42 Å². The summed E-state index contributed by atoms with van der Waals surface area (Å²) in [7, 11) is 0. The first-order valence-corrected chi connectivity index (χ1v) is 7.14. The molecule has 1 amide bonds. The summed E-state index contributed by atoms with van der Waals surface area (Å²) in [6, 6.07) is 0. The molecule has 0 saturated carbocycles. The molecule has 21 heavy (non-hydrogen) atoms. The summed E-state index contributed by atoms with van der Waals surface area (Å²) in [5, 5.41) is 21.5. The number of carboxylic acids is 1. The maximum Gasteiger partial charge on any atom is 0.413 e. The van der Waals surface area contributed by atoms with Crippen LogP contribution in [0.2, 0.25) is 0 Å². The average molecular weight is 316 g/mol. The average Bonchev–Trinajstić information content (AvgIpc) is 2.54. The fourth-order valence-electron chi connectivity index (χ4n) is 1.42. The number of anilines is 1. The Bertz CT molecular complexity index is 545. The molecule has 3 N–H and O–H groups in total. The van der Waals surface area contributed by atoms with Crippen LogP contribution in [-0.2, 0) is 16.0 Å². The molecule has 1 unspecified atom stereocenters. The van der Waals surface area contributed by atoms with E-state index in [9.17, 15) is 14.7 Å². The van der Waals surface area contributed by atoms with Crippen molar-refractivity contribution in [2.45, 2.75) is 52.2 Å². The summed E-state index contributed by atoms with van der Waals surface area (Å²) in [4.78, 5) is 27.3. The number of nitrogens with zero attached hydrogens (tertiary/aromatic N) is 1. The van der Waals surface area contributed by atoms with Gasteiger partial charge in [0.2, 0.25) is 0 Å². The third-order valence-electron chi connectivity index (χ3n) is 2.47. The van der Waals surface area contributed by atoms with Crippen LogP contribution in [0, 0.1) is 6.92 Å². The van der Waals surface area contributed by atoms with Crippen LogP contribution in [0.25, 0.3) is 0 Å². The van der Waals surface area contributed by atoms with Crippen LogP contribution in [0.4, 0.5) is 9.93 Å². The van der Waals surface area contributed by atoms with Gasteiger partial charge in [-0.1, -0.05) is 0 Å². The molecule has 118 valence electrons. The highest BCUT2D eigenvalue weighted by atomic mass is 32.1. The van der Waals surface area contributed by atoms with Gasteiger partial charge in [0.1, 0.15) is 5.60 Å². The van der Waals surface area contributed by atoms with Gasteiger partial charge in [0.05, 0.1) is 5.69 Å². The van der Waals surface area contributed by atoms with Gasteiger partial charge in [0.25, 0.3) is 0 Å². The number of ether oxygens (including phenoxy) is 1. The highest BCUT2D eigenvalue weighted by Gasteiger charge is 2.32. The summed E-state index contributed by atoms with van der Waals surface area (Å²) >= 11 is 1.11. The van der Waals surface area contributed by atoms with Gasteiger partial charge in [0.15, 0.2) is 10.7 Å². The van der Waals surface area contributed by atoms with Gasteiger partial charge in [-0.25, -0.2) is 14.6 Å². The van der Waals surface area contributed by atoms with Gasteiger partial charge >= 0.3 is 12.1 Å². The SMILES string of the molecule is Cc1nc(NC(=O)OC(C)(C)C)sc1CC(C)(O)C(=O)O. The number of hydrogen-bond donors (Lipinski definition) is 3. The minimum Gasteiger partial charge on any atom is -0.479 e. The van der Waals surface area contributed by atoms with Crippen LogP contribution < -0.4 is 5.32 Å². The Hall–Kier alpha value is -1.67. The van der Waals surface area contributed by atoms with E-state index in [1.54, 1.807) is 27.7 Å². The Morgan fingerprint density at radius 1 is 1.33 bits per heavy atom. The molecule has 0 radical (unpaired) electrons. The van der Waals surface area contributed by atoms with Crippen molar-refractivity contribution in [1.29, 1.82) is 0 Å². The molecule has 1 aromatic heterocycles. The number of aromatic nitrogens is 1. The van der Waals surface area contributed by atoms with Crippen LogP contribution >= 0.6 is 11.3 Å². The lowest BCUT2D eigenvalue weighted by molar-refractivity contribution is -0.156. The van der Waals surface area contributed by atoms with E-state index in [1.165, 1.54) is 6.92 Å². The highest BCUT2D eigenvalue weighted by molar-refractivity contribution is 7.15. The molecule has 1 heterocycles. The summed E-state index contributed by atoms with van der Waals surface area (Å²) in [6.07, 6.45) is -0.713. The second-order valence-corrected chi connectivity index (χ2v) is 6.99. The zero-order valence-corrected chi connectivity index (χ0v) is 13.5. The molecule has 0 saturated heterocycles.